The van der Waals surface area contributed by atoms with E-state index in [4.69, 9.17) is 0 Å². The van der Waals surface area contributed by atoms with E-state index in [0.717, 1.165) is 16.0 Å². The van der Waals surface area contributed by atoms with Gasteiger partial charge in [0, 0.05) is 15.8 Å². The Kier molecular flexibility index (Phi) is 3.32. The van der Waals surface area contributed by atoms with E-state index in [1.165, 1.54) is 35.0 Å². The molecule has 0 aliphatic rings. The lowest BCUT2D eigenvalue weighted by atomic mass is 10.0. The van der Waals surface area contributed by atoms with E-state index in [2.05, 4.69) is 14.3 Å². The molecule has 4 aromatic rings. The molecule has 4 nitrogen and oxygen atoms in total. The van der Waals surface area contributed by atoms with Crippen molar-refractivity contribution in [3.05, 3.63) is 56.8 Å². The number of halogens is 1. The van der Waals surface area contributed by atoms with Crippen LogP contribution >= 0.6 is 22.9 Å². The first kappa shape index (κ1) is 14.2. The molecule has 3 heterocycles. The second-order valence-electron chi connectivity index (χ2n) is 5.02. The van der Waals surface area contributed by atoms with Crippen LogP contribution in [0, 0.1) is 12.7 Å². The molecule has 0 spiro atoms. The first-order valence-electron chi connectivity index (χ1n) is 6.83. The van der Waals surface area contributed by atoms with Crippen molar-refractivity contribution >= 4 is 33.1 Å². The summed E-state index contributed by atoms with van der Waals surface area (Å²) in [6.45, 7) is 1.94. The van der Waals surface area contributed by atoms with Crippen molar-refractivity contribution in [2.75, 3.05) is 0 Å². The van der Waals surface area contributed by atoms with Gasteiger partial charge in [-0.2, -0.15) is 4.37 Å². The summed E-state index contributed by atoms with van der Waals surface area (Å²) in [6, 6.07) is 7.96. The number of fused-ring (bicyclic) bond motifs is 1. The molecule has 1 aromatic carbocycles. The smallest absolute Gasteiger partial charge is 0.260 e. The highest BCUT2D eigenvalue weighted by Crippen LogP contribution is 2.36. The summed E-state index contributed by atoms with van der Waals surface area (Å²) in [5.74, 6) is 0.166. The maximum absolute atomic E-state index is 13.1. The van der Waals surface area contributed by atoms with Crippen LogP contribution in [-0.4, -0.2) is 14.3 Å². The van der Waals surface area contributed by atoms with E-state index < -0.39 is 0 Å². The molecular formula is C16H10FN3OS2. The highest BCUT2D eigenvalue weighted by molar-refractivity contribution is 7.19. The number of nitrogens with one attached hydrogen (secondary N) is 1. The highest BCUT2D eigenvalue weighted by atomic mass is 32.1. The number of aromatic nitrogens is 3. The monoisotopic (exact) mass is 343 g/mol. The van der Waals surface area contributed by atoms with E-state index in [1.54, 1.807) is 12.1 Å². The van der Waals surface area contributed by atoms with Gasteiger partial charge in [-0.15, -0.1) is 11.3 Å². The van der Waals surface area contributed by atoms with Crippen molar-refractivity contribution < 1.29 is 4.39 Å². The third-order valence-corrected chi connectivity index (χ3v) is 5.11. The SMILES string of the molecule is Cc1sc2nc(-c3ccsn3)[nH]c(=O)c2c1-c1ccc(F)cc1. The standard InChI is InChI=1S/C16H10FN3OS2/c1-8-12(9-2-4-10(17)5-3-9)13-15(21)18-14(19-16(13)23-8)11-6-7-22-20-11/h2-7H,1H3,(H,18,19,21). The number of nitrogens with zero attached hydrogens (tertiary/aromatic N) is 2. The molecule has 0 radical (unpaired) electrons. The van der Waals surface area contributed by atoms with Crippen molar-refractivity contribution in [3.8, 4) is 22.6 Å². The number of aryl methyl sites for hydroxylation is 1. The lowest BCUT2D eigenvalue weighted by molar-refractivity contribution is 0.628. The minimum absolute atomic E-state index is 0.207. The first-order chi connectivity index (χ1) is 11.1. The lowest BCUT2D eigenvalue weighted by Gasteiger charge is -2.02. The molecule has 0 saturated carbocycles. The van der Waals surface area contributed by atoms with Crippen LogP contribution in [0.1, 0.15) is 4.88 Å². The van der Waals surface area contributed by atoms with Crippen LogP contribution in [0.25, 0.3) is 32.9 Å². The Morgan fingerprint density at radius 3 is 2.65 bits per heavy atom. The fourth-order valence-electron chi connectivity index (χ4n) is 2.54. The van der Waals surface area contributed by atoms with Crippen molar-refractivity contribution in [1.82, 2.24) is 14.3 Å². The van der Waals surface area contributed by atoms with Crippen molar-refractivity contribution in [3.63, 3.8) is 0 Å². The van der Waals surface area contributed by atoms with E-state index in [9.17, 15) is 9.18 Å². The Balaban J connectivity index is 1.98. The van der Waals surface area contributed by atoms with E-state index in [1.807, 2.05) is 18.4 Å². The average Bonchev–Trinajstić information content (AvgIpc) is 3.15. The molecule has 23 heavy (non-hydrogen) atoms. The van der Waals surface area contributed by atoms with Crippen LogP contribution in [0.15, 0.2) is 40.5 Å². The van der Waals surface area contributed by atoms with Crippen molar-refractivity contribution in [2.24, 2.45) is 0 Å². The maximum Gasteiger partial charge on any atom is 0.260 e. The van der Waals surface area contributed by atoms with Crippen LogP contribution in [0.2, 0.25) is 0 Å². The molecule has 0 aliphatic heterocycles. The largest absolute Gasteiger partial charge is 0.305 e. The van der Waals surface area contributed by atoms with Gasteiger partial charge in [0.25, 0.3) is 5.56 Å². The second-order valence-corrected chi connectivity index (χ2v) is 6.89. The fraction of sp³-hybridized carbons (Fsp3) is 0.0625. The lowest BCUT2D eigenvalue weighted by Crippen LogP contribution is -2.09. The Labute approximate surface area is 138 Å². The summed E-state index contributed by atoms with van der Waals surface area (Å²) >= 11 is 2.76. The molecule has 0 fully saturated rings. The molecular weight excluding hydrogens is 333 g/mol. The van der Waals surface area contributed by atoms with Gasteiger partial charge in [0.05, 0.1) is 5.39 Å². The van der Waals surface area contributed by atoms with Gasteiger partial charge in [0.2, 0.25) is 0 Å². The highest BCUT2D eigenvalue weighted by Gasteiger charge is 2.17. The van der Waals surface area contributed by atoms with Gasteiger partial charge < -0.3 is 4.98 Å². The Bertz CT molecular complexity index is 1050. The van der Waals surface area contributed by atoms with Gasteiger partial charge in [0.15, 0.2) is 5.82 Å². The number of thiophene rings is 1. The molecule has 0 amide bonds. The number of benzene rings is 1. The predicted molar refractivity (Wildman–Crippen MR) is 91.5 cm³/mol. The Morgan fingerprint density at radius 2 is 1.96 bits per heavy atom. The van der Waals surface area contributed by atoms with Gasteiger partial charge >= 0.3 is 0 Å². The Hall–Kier alpha value is -2.38. The van der Waals surface area contributed by atoms with Crippen molar-refractivity contribution in [2.45, 2.75) is 6.92 Å². The van der Waals surface area contributed by atoms with Gasteiger partial charge in [0.1, 0.15) is 16.3 Å². The topological polar surface area (TPSA) is 58.6 Å². The molecule has 0 atom stereocenters. The summed E-state index contributed by atoms with van der Waals surface area (Å²) in [7, 11) is 0. The summed E-state index contributed by atoms with van der Waals surface area (Å²) in [6.07, 6.45) is 0. The molecule has 0 bridgehead atoms. The van der Waals surface area contributed by atoms with Crippen LogP contribution < -0.4 is 5.56 Å². The van der Waals surface area contributed by atoms with Gasteiger partial charge in [-0.1, -0.05) is 12.1 Å². The van der Waals surface area contributed by atoms with E-state index in [-0.39, 0.29) is 11.4 Å². The van der Waals surface area contributed by atoms with E-state index in [0.29, 0.717) is 21.7 Å². The summed E-state index contributed by atoms with van der Waals surface area (Å²) in [4.78, 5) is 21.5. The molecule has 3 aromatic heterocycles. The fourth-order valence-corrected chi connectivity index (χ4v) is 4.10. The quantitative estimate of drug-likeness (QED) is 0.593. The minimum Gasteiger partial charge on any atom is -0.305 e. The zero-order valence-electron chi connectivity index (χ0n) is 12.0. The third kappa shape index (κ3) is 2.38. The predicted octanol–water partition coefficient (Wildman–Crippen LogP) is 4.22. The van der Waals surface area contributed by atoms with E-state index >= 15 is 0 Å². The van der Waals surface area contributed by atoms with Crippen LogP contribution in [0.5, 0.6) is 0 Å². The van der Waals surface area contributed by atoms with Gasteiger partial charge in [-0.05, 0) is 42.2 Å². The number of hydrogen-bond donors (Lipinski definition) is 1. The molecule has 0 aliphatic carbocycles. The van der Waals surface area contributed by atoms with Gasteiger partial charge in [-0.25, -0.2) is 9.37 Å². The van der Waals surface area contributed by atoms with Gasteiger partial charge in [-0.3, -0.25) is 4.79 Å². The summed E-state index contributed by atoms with van der Waals surface area (Å²) in [5.41, 5.74) is 2.07. The zero-order chi connectivity index (χ0) is 16.0. The molecule has 7 heteroatoms. The maximum atomic E-state index is 13.1. The first-order valence-corrected chi connectivity index (χ1v) is 8.49. The zero-order valence-corrected chi connectivity index (χ0v) is 13.6. The summed E-state index contributed by atoms with van der Waals surface area (Å²) in [5, 5.41) is 2.38. The third-order valence-electron chi connectivity index (χ3n) is 3.55. The van der Waals surface area contributed by atoms with Crippen molar-refractivity contribution in [1.29, 1.82) is 0 Å². The number of rotatable bonds is 2. The average molecular weight is 343 g/mol. The second kappa shape index (κ2) is 5.36. The number of H-pyrrole nitrogens is 1. The molecule has 1 N–H and O–H groups in total. The normalized spacial score (nSPS) is 11.2. The molecule has 114 valence electrons. The number of hydrogen-bond acceptors (Lipinski definition) is 5. The van der Waals surface area contributed by atoms with Crippen LogP contribution in [0.3, 0.4) is 0 Å². The molecule has 0 unspecified atom stereocenters. The van der Waals surface area contributed by atoms with Crippen LogP contribution in [-0.2, 0) is 0 Å². The summed E-state index contributed by atoms with van der Waals surface area (Å²) < 4.78 is 17.4. The minimum atomic E-state index is -0.302. The van der Waals surface area contributed by atoms with Crippen LogP contribution in [0.4, 0.5) is 4.39 Å². The molecule has 0 saturated heterocycles. The Morgan fingerprint density at radius 1 is 1.17 bits per heavy atom. The number of aromatic amines is 1. The molecule has 4 rings (SSSR count).